The first kappa shape index (κ1) is 19.9. The maximum atomic E-state index is 13.4. The van der Waals surface area contributed by atoms with Crippen molar-refractivity contribution < 1.29 is 14.4 Å². The zero-order valence-electron chi connectivity index (χ0n) is 17.3. The highest BCUT2D eigenvalue weighted by Crippen LogP contribution is 2.37. The summed E-state index contributed by atoms with van der Waals surface area (Å²) in [7, 11) is 0. The van der Waals surface area contributed by atoms with Gasteiger partial charge in [-0.1, -0.05) is 50.3 Å². The van der Waals surface area contributed by atoms with Crippen molar-refractivity contribution >= 4 is 17.7 Å². The van der Waals surface area contributed by atoms with Crippen molar-refractivity contribution in [3.63, 3.8) is 0 Å². The third-order valence-corrected chi connectivity index (χ3v) is 6.54. The van der Waals surface area contributed by atoms with E-state index >= 15 is 0 Å². The summed E-state index contributed by atoms with van der Waals surface area (Å²) in [5.74, 6) is -0.946. The van der Waals surface area contributed by atoms with E-state index in [1.54, 1.807) is 0 Å². The maximum Gasteiger partial charge on any atom is 0.243 e. The highest BCUT2D eigenvalue weighted by molar-refractivity contribution is 6.08. The molecule has 2 aliphatic carbocycles. The van der Waals surface area contributed by atoms with E-state index in [1.807, 2.05) is 38.1 Å². The van der Waals surface area contributed by atoms with Crippen LogP contribution in [-0.4, -0.2) is 28.7 Å². The smallest absolute Gasteiger partial charge is 0.243 e. The summed E-state index contributed by atoms with van der Waals surface area (Å²) >= 11 is 0. The lowest BCUT2D eigenvalue weighted by Gasteiger charge is -2.31. The largest absolute Gasteiger partial charge is 0.347 e. The Morgan fingerprint density at radius 1 is 1.10 bits per heavy atom. The van der Waals surface area contributed by atoms with Gasteiger partial charge in [0.2, 0.25) is 17.7 Å². The average molecular weight is 395 g/mol. The van der Waals surface area contributed by atoms with Crippen LogP contribution in [0, 0.1) is 17.8 Å². The lowest BCUT2D eigenvalue weighted by molar-refractivity contribution is -0.148. The molecule has 1 N–H and O–H groups in total. The minimum absolute atomic E-state index is 0.0566. The molecule has 5 nitrogen and oxygen atoms in total. The number of carbonyl (C=O) groups excluding carboxylic acids is 3. The van der Waals surface area contributed by atoms with Crippen molar-refractivity contribution in [2.24, 2.45) is 17.8 Å². The van der Waals surface area contributed by atoms with Gasteiger partial charge in [-0.25, -0.2) is 0 Å². The summed E-state index contributed by atoms with van der Waals surface area (Å²) < 4.78 is 0. The highest BCUT2D eigenvalue weighted by atomic mass is 16.2. The van der Waals surface area contributed by atoms with Crippen LogP contribution in [0.4, 0.5) is 0 Å². The molecule has 1 aliphatic heterocycles. The summed E-state index contributed by atoms with van der Waals surface area (Å²) in [5, 5.41) is 3.18. The van der Waals surface area contributed by atoms with E-state index in [4.69, 9.17) is 0 Å². The Hall–Kier alpha value is -2.43. The number of nitrogens with one attached hydrogen (secondary N) is 1. The number of hydrogen-bond donors (Lipinski definition) is 1. The molecule has 3 aliphatic rings. The minimum atomic E-state index is -0.727. The molecular weight excluding hydrogens is 364 g/mol. The number of nitrogens with zero attached hydrogens (tertiary/aromatic N) is 1. The molecule has 1 fully saturated rings. The molecule has 0 saturated carbocycles. The number of fused-ring (bicyclic) bond motifs is 2. The second-order valence-corrected chi connectivity index (χ2v) is 9.00. The lowest BCUT2D eigenvalue weighted by atomic mass is 9.85. The predicted molar refractivity (Wildman–Crippen MR) is 111 cm³/mol. The van der Waals surface area contributed by atoms with Crippen LogP contribution in [0.3, 0.4) is 0 Å². The monoisotopic (exact) mass is 394 g/mol. The van der Waals surface area contributed by atoms with E-state index in [-0.39, 0.29) is 41.5 Å². The van der Waals surface area contributed by atoms with E-state index in [2.05, 4.69) is 17.4 Å². The van der Waals surface area contributed by atoms with Gasteiger partial charge in [-0.15, -0.1) is 0 Å². The second-order valence-electron chi connectivity index (χ2n) is 9.00. The van der Waals surface area contributed by atoms with Crippen molar-refractivity contribution in [1.29, 1.82) is 0 Å². The zero-order chi connectivity index (χ0) is 20.5. The lowest BCUT2D eigenvalue weighted by Crippen LogP contribution is -2.51. The average Bonchev–Trinajstić information content (AvgIpc) is 2.97. The molecule has 3 amide bonds. The standard InChI is InChI=1S/C24H30N2O3/c1-15(2)14-21(26-23(28)18-11-5-6-12-19(18)24(26)29)22(27)25-20-13-7-9-16-8-3-4-10-17(16)20/h3-6,8,10,15,18-21H,7,9,11-14H2,1-2H3,(H,25,27)/t18-,19+,20-,21+/m0/s1. The fourth-order valence-electron chi connectivity index (χ4n) is 5.08. The second kappa shape index (κ2) is 8.13. The molecule has 154 valence electrons. The molecule has 0 aromatic heterocycles. The van der Waals surface area contributed by atoms with Crippen molar-refractivity contribution in [1.82, 2.24) is 10.2 Å². The number of rotatable bonds is 5. The summed E-state index contributed by atoms with van der Waals surface area (Å²) in [4.78, 5) is 40.8. The number of carbonyl (C=O) groups is 3. The Labute approximate surface area is 172 Å². The molecule has 4 atom stereocenters. The maximum absolute atomic E-state index is 13.4. The number of likely N-dealkylation sites (tertiary alicyclic amines) is 1. The molecule has 0 radical (unpaired) electrons. The molecule has 1 aromatic carbocycles. The van der Waals surface area contributed by atoms with Gasteiger partial charge in [0.15, 0.2) is 0 Å². The van der Waals surface area contributed by atoms with E-state index < -0.39 is 6.04 Å². The Morgan fingerprint density at radius 2 is 1.76 bits per heavy atom. The molecule has 1 heterocycles. The predicted octanol–water partition coefficient (Wildman–Crippen LogP) is 3.55. The Balaban J connectivity index is 1.57. The van der Waals surface area contributed by atoms with Gasteiger partial charge in [-0.3, -0.25) is 19.3 Å². The molecule has 4 rings (SSSR count). The Morgan fingerprint density at radius 3 is 2.41 bits per heavy atom. The molecule has 1 aromatic rings. The Bertz CT molecular complexity index is 818. The van der Waals surface area contributed by atoms with Crippen LogP contribution in [0.15, 0.2) is 36.4 Å². The molecule has 0 spiro atoms. The fraction of sp³-hybridized carbons (Fsp3) is 0.542. The summed E-state index contributed by atoms with van der Waals surface area (Å²) in [6.07, 6.45) is 8.57. The fourth-order valence-corrected chi connectivity index (χ4v) is 5.08. The van der Waals surface area contributed by atoms with Gasteiger partial charge in [0.1, 0.15) is 6.04 Å². The number of hydrogen-bond acceptors (Lipinski definition) is 3. The van der Waals surface area contributed by atoms with Crippen LogP contribution in [-0.2, 0) is 20.8 Å². The van der Waals surface area contributed by atoms with E-state index in [1.165, 1.54) is 10.5 Å². The van der Waals surface area contributed by atoms with Crippen LogP contribution < -0.4 is 5.32 Å². The number of amides is 3. The molecule has 29 heavy (non-hydrogen) atoms. The normalized spacial score (nSPS) is 27.0. The van der Waals surface area contributed by atoms with Gasteiger partial charge in [0.05, 0.1) is 17.9 Å². The van der Waals surface area contributed by atoms with Crippen LogP contribution in [0.25, 0.3) is 0 Å². The number of allylic oxidation sites excluding steroid dienone is 2. The van der Waals surface area contributed by atoms with Crippen LogP contribution in [0.2, 0.25) is 0 Å². The van der Waals surface area contributed by atoms with Crippen molar-refractivity contribution in [2.45, 2.75) is 64.5 Å². The first-order valence-corrected chi connectivity index (χ1v) is 10.9. The van der Waals surface area contributed by atoms with E-state index in [0.717, 1.165) is 24.8 Å². The summed E-state index contributed by atoms with van der Waals surface area (Å²) in [6, 6.07) is 7.43. The SMILES string of the molecule is CC(C)C[C@H](C(=O)N[C@H]1CCCc2ccccc21)N1C(=O)[C@H]2CC=CC[C@H]2C1=O. The molecule has 0 unspecified atom stereocenters. The number of imide groups is 1. The minimum Gasteiger partial charge on any atom is -0.347 e. The van der Waals surface area contributed by atoms with Gasteiger partial charge in [0.25, 0.3) is 0 Å². The zero-order valence-corrected chi connectivity index (χ0v) is 17.3. The van der Waals surface area contributed by atoms with Crippen molar-refractivity contribution in [3.8, 4) is 0 Å². The Kier molecular flexibility index (Phi) is 5.57. The van der Waals surface area contributed by atoms with E-state index in [0.29, 0.717) is 19.3 Å². The topological polar surface area (TPSA) is 66.5 Å². The van der Waals surface area contributed by atoms with Gasteiger partial charge < -0.3 is 5.32 Å². The van der Waals surface area contributed by atoms with Gasteiger partial charge in [-0.05, 0) is 55.6 Å². The van der Waals surface area contributed by atoms with Crippen LogP contribution >= 0.6 is 0 Å². The number of aryl methyl sites for hydroxylation is 1. The van der Waals surface area contributed by atoms with E-state index in [9.17, 15) is 14.4 Å². The third-order valence-electron chi connectivity index (χ3n) is 6.54. The molecule has 0 bridgehead atoms. The molecule has 5 heteroatoms. The van der Waals surface area contributed by atoms with Crippen LogP contribution in [0.5, 0.6) is 0 Å². The van der Waals surface area contributed by atoms with Gasteiger partial charge >= 0.3 is 0 Å². The highest BCUT2D eigenvalue weighted by Gasteiger charge is 2.51. The van der Waals surface area contributed by atoms with Gasteiger partial charge in [0, 0.05) is 0 Å². The number of benzene rings is 1. The summed E-state index contributed by atoms with van der Waals surface area (Å²) in [5.41, 5.74) is 2.43. The van der Waals surface area contributed by atoms with Gasteiger partial charge in [-0.2, -0.15) is 0 Å². The first-order chi connectivity index (χ1) is 14.0. The summed E-state index contributed by atoms with van der Waals surface area (Å²) in [6.45, 7) is 4.05. The van der Waals surface area contributed by atoms with Crippen LogP contribution in [0.1, 0.15) is 63.1 Å². The van der Waals surface area contributed by atoms with Crippen molar-refractivity contribution in [2.75, 3.05) is 0 Å². The first-order valence-electron chi connectivity index (χ1n) is 10.9. The molecular formula is C24H30N2O3. The quantitative estimate of drug-likeness (QED) is 0.614. The van der Waals surface area contributed by atoms with Crippen molar-refractivity contribution in [3.05, 3.63) is 47.5 Å². The third kappa shape index (κ3) is 3.75. The molecule has 1 saturated heterocycles.